The van der Waals surface area contributed by atoms with E-state index in [2.05, 4.69) is 19.2 Å². The fourth-order valence-corrected chi connectivity index (χ4v) is 3.32. The Hall–Kier alpha value is -0.0400. The molecular formula is C13H25N. The molecule has 1 heteroatoms. The lowest BCUT2D eigenvalue weighted by molar-refractivity contribution is -0.0104. The van der Waals surface area contributed by atoms with Crippen LogP contribution in [0.3, 0.4) is 0 Å². The van der Waals surface area contributed by atoms with Crippen LogP contribution in [0.5, 0.6) is 0 Å². The summed E-state index contributed by atoms with van der Waals surface area (Å²) in [6.07, 6.45) is 8.90. The monoisotopic (exact) mass is 195 g/mol. The highest BCUT2D eigenvalue weighted by Gasteiger charge is 2.45. The molecule has 0 aromatic carbocycles. The van der Waals surface area contributed by atoms with Crippen LogP contribution >= 0.6 is 0 Å². The zero-order valence-electron chi connectivity index (χ0n) is 9.81. The topological polar surface area (TPSA) is 12.0 Å². The second-order valence-corrected chi connectivity index (χ2v) is 5.82. The van der Waals surface area contributed by atoms with Crippen molar-refractivity contribution < 1.29 is 0 Å². The van der Waals surface area contributed by atoms with Gasteiger partial charge >= 0.3 is 0 Å². The van der Waals surface area contributed by atoms with Crippen molar-refractivity contribution in [3.05, 3.63) is 0 Å². The molecule has 1 nitrogen and oxygen atoms in total. The molecule has 2 fully saturated rings. The Morgan fingerprint density at radius 2 is 1.93 bits per heavy atom. The number of piperidine rings is 1. The molecule has 1 atom stereocenters. The fourth-order valence-electron chi connectivity index (χ4n) is 3.32. The lowest BCUT2D eigenvalue weighted by Gasteiger charge is -2.53. The lowest BCUT2D eigenvalue weighted by Crippen LogP contribution is -2.47. The molecule has 82 valence electrons. The van der Waals surface area contributed by atoms with Gasteiger partial charge < -0.3 is 5.32 Å². The van der Waals surface area contributed by atoms with Gasteiger partial charge in [-0.15, -0.1) is 0 Å². The molecule has 0 bridgehead atoms. The van der Waals surface area contributed by atoms with Crippen molar-refractivity contribution in [3.63, 3.8) is 0 Å². The van der Waals surface area contributed by atoms with E-state index in [1.807, 2.05) is 0 Å². The highest BCUT2D eigenvalue weighted by Crippen LogP contribution is 2.54. The Bertz CT molecular complexity index is 180. The molecule has 2 rings (SSSR count). The summed E-state index contributed by atoms with van der Waals surface area (Å²) in [6.45, 7) is 7.26. The summed E-state index contributed by atoms with van der Waals surface area (Å²) in [7, 11) is 0. The summed E-state index contributed by atoms with van der Waals surface area (Å²) in [5, 5.41) is 3.49. The highest BCUT2D eigenvalue weighted by molar-refractivity contribution is 4.97. The molecule has 1 unspecified atom stereocenters. The average molecular weight is 195 g/mol. The number of hydrogen-bond donors (Lipinski definition) is 1. The third-order valence-electron chi connectivity index (χ3n) is 4.55. The van der Waals surface area contributed by atoms with Crippen LogP contribution in [0.25, 0.3) is 0 Å². The first-order valence-corrected chi connectivity index (χ1v) is 6.44. The number of nitrogens with one attached hydrogen (secondary N) is 1. The van der Waals surface area contributed by atoms with Crippen LogP contribution in [0.15, 0.2) is 0 Å². The smallest absolute Gasteiger partial charge is 0.00435 e. The molecule has 2 aliphatic rings. The summed E-state index contributed by atoms with van der Waals surface area (Å²) >= 11 is 0. The van der Waals surface area contributed by atoms with E-state index in [4.69, 9.17) is 0 Å². The molecule has 1 aliphatic carbocycles. The maximum atomic E-state index is 3.49. The quantitative estimate of drug-likeness (QED) is 0.729. The van der Waals surface area contributed by atoms with E-state index in [9.17, 15) is 0 Å². The molecule has 0 amide bonds. The van der Waals surface area contributed by atoms with Crippen LogP contribution in [0, 0.1) is 17.3 Å². The van der Waals surface area contributed by atoms with E-state index in [1.165, 1.54) is 51.6 Å². The summed E-state index contributed by atoms with van der Waals surface area (Å²) in [6, 6.07) is 0. The average Bonchev–Trinajstić information content (AvgIpc) is 2.17. The van der Waals surface area contributed by atoms with Crippen molar-refractivity contribution in [1.82, 2.24) is 5.32 Å². The first-order valence-electron chi connectivity index (χ1n) is 6.44. The SMILES string of the molecule is CC(C)CCC1CCC12CCNCC2. The predicted molar refractivity (Wildman–Crippen MR) is 61.3 cm³/mol. The van der Waals surface area contributed by atoms with Gasteiger partial charge in [-0.25, -0.2) is 0 Å². The Morgan fingerprint density at radius 1 is 1.21 bits per heavy atom. The molecule has 0 aromatic rings. The second-order valence-electron chi connectivity index (χ2n) is 5.82. The van der Waals surface area contributed by atoms with Crippen LogP contribution in [0.4, 0.5) is 0 Å². The van der Waals surface area contributed by atoms with Crippen molar-refractivity contribution in [2.75, 3.05) is 13.1 Å². The molecule has 1 N–H and O–H groups in total. The maximum absolute atomic E-state index is 3.49. The van der Waals surface area contributed by atoms with E-state index in [1.54, 1.807) is 0 Å². The summed E-state index contributed by atoms with van der Waals surface area (Å²) < 4.78 is 0. The minimum atomic E-state index is 0.792. The molecule has 1 spiro atoms. The normalized spacial score (nSPS) is 30.6. The lowest BCUT2D eigenvalue weighted by atomic mass is 9.54. The van der Waals surface area contributed by atoms with Crippen molar-refractivity contribution in [1.29, 1.82) is 0 Å². The van der Waals surface area contributed by atoms with Gasteiger partial charge in [0.1, 0.15) is 0 Å². The van der Waals surface area contributed by atoms with Crippen LogP contribution < -0.4 is 5.32 Å². The van der Waals surface area contributed by atoms with Gasteiger partial charge in [0.15, 0.2) is 0 Å². The third-order valence-corrected chi connectivity index (χ3v) is 4.55. The minimum Gasteiger partial charge on any atom is -0.317 e. The molecule has 14 heavy (non-hydrogen) atoms. The van der Waals surface area contributed by atoms with E-state index < -0.39 is 0 Å². The largest absolute Gasteiger partial charge is 0.317 e. The van der Waals surface area contributed by atoms with E-state index >= 15 is 0 Å². The van der Waals surface area contributed by atoms with Crippen molar-refractivity contribution in [2.24, 2.45) is 17.3 Å². The van der Waals surface area contributed by atoms with Gasteiger partial charge in [0.2, 0.25) is 0 Å². The summed E-state index contributed by atoms with van der Waals surface area (Å²) in [4.78, 5) is 0. The fraction of sp³-hybridized carbons (Fsp3) is 1.00. The first-order chi connectivity index (χ1) is 6.73. The van der Waals surface area contributed by atoms with E-state index in [0.29, 0.717) is 0 Å². The van der Waals surface area contributed by atoms with Crippen molar-refractivity contribution in [3.8, 4) is 0 Å². The first kappa shape index (κ1) is 10.5. The number of rotatable bonds is 3. The van der Waals surface area contributed by atoms with Gasteiger partial charge in [0.05, 0.1) is 0 Å². The van der Waals surface area contributed by atoms with Crippen LogP contribution in [0.2, 0.25) is 0 Å². The molecule has 1 heterocycles. The zero-order chi connectivity index (χ0) is 10.0. The standard InChI is InChI=1S/C13H25N/c1-11(2)3-4-12-5-6-13(12)7-9-14-10-8-13/h11-12,14H,3-10H2,1-2H3. The molecule has 1 saturated heterocycles. The van der Waals surface area contributed by atoms with Crippen LogP contribution in [0.1, 0.15) is 52.4 Å². The molecule has 0 aromatic heterocycles. The minimum absolute atomic E-state index is 0.792. The second kappa shape index (κ2) is 4.22. The molecule has 0 radical (unpaired) electrons. The summed E-state index contributed by atoms with van der Waals surface area (Å²) in [5.41, 5.74) is 0.792. The van der Waals surface area contributed by atoms with Crippen LogP contribution in [-0.2, 0) is 0 Å². The van der Waals surface area contributed by atoms with Gasteiger partial charge in [-0.1, -0.05) is 20.3 Å². The molecule has 1 aliphatic heterocycles. The van der Waals surface area contributed by atoms with Gasteiger partial charge in [-0.05, 0) is 62.4 Å². The Balaban J connectivity index is 1.81. The Morgan fingerprint density at radius 3 is 2.43 bits per heavy atom. The third kappa shape index (κ3) is 1.98. The van der Waals surface area contributed by atoms with Crippen molar-refractivity contribution >= 4 is 0 Å². The van der Waals surface area contributed by atoms with E-state index in [0.717, 1.165) is 17.3 Å². The van der Waals surface area contributed by atoms with Gasteiger partial charge in [0.25, 0.3) is 0 Å². The van der Waals surface area contributed by atoms with Gasteiger partial charge in [0, 0.05) is 0 Å². The van der Waals surface area contributed by atoms with Gasteiger partial charge in [-0.3, -0.25) is 0 Å². The number of hydrogen-bond acceptors (Lipinski definition) is 1. The zero-order valence-corrected chi connectivity index (χ0v) is 9.81. The van der Waals surface area contributed by atoms with Crippen molar-refractivity contribution in [2.45, 2.75) is 52.4 Å². The Labute approximate surface area is 88.7 Å². The predicted octanol–water partition coefficient (Wildman–Crippen LogP) is 3.20. The highest BCUT2D eigenvalue weighted by atomic mass is 14.9. The van der Waals surface area contributed by atoms with Crippen LogP contribution in [-0.4, -0.2) is 13.1 Å². The van der Waals surface area contributed by atoms with Gasteiger partial charge in [-0.2, -0.15) is 0 Å². The molecular weight excluding hydrogens is 170 g/mol. The Kier molecular flexibility index (Phi) is 3.16. The summed E-state index contributed by atoms with van der Waals surface area (Å²) in [5.74, 6) is 1.97. The maximum Gasteiger partial charge on any atom is -0.00435 e. The van der Waals surface area contributed by atoms with E-state index in [-0.39, 0.29) is 0 Å². The molecule has 1 saturated carbocycles.